The Labute approximate surface area is 435 Å². The zero-order chi connectivity index (χ0) is 50.3. The maximum Gasteiger partial charge on any atom is 0.136 e. The van der Waals surface area contributed by atoms with Crippen LogP contribution in [0.2, 0.25) is 0 Å². The average molecular weight is 975 g/mol. The number of benzene rings is 10. The topological polar surface area (TPSA) is 47.1 Å². The highest BCUT2D eigenvalue weighted by molar-refractivity contribution is 7.00. The largest absolute Gasteiger partial charge is 0.456 e. The molecule has 5 nitrogen and oxygen atoms in total. The normalized spacial score (nSPS) is 12.2. The Kier molecular flexibility index (Phi) is 10.8. The zero-order valence-electron chi connectivity index (χ0n) is 42.4. The number of nitrogens with zero attached hydrogens (tertiary/aromatic N) is 4. The van der Waals surface area contributed by atoms with Crippen LogP contribution in [-0.4, -0.2) is 13.3 Å². The molecule has 358 valence electrons. The van der Waals surface area contributed by atoms with Gasteiger partial charge in [0.25, 0.3) is 0 Å². The molecule has 10 aromatic carbocycles. The zero-order valence-corrected chi connectivity index (χ0v) is 43.2. The van der Waals surface area contributed by atoms with Gasteiger partial charge in [-0.1, -0.05) is 169 Å². The molecule has 0 unspecified atom stereocenters. The molecule has 0 aliphatic heterocycles. The van der Waals surface area contributed by atoms with E-state index < -0.39 is 0 Å². The summed E-state index contributed by atoms with van der Waals surface area (Å²) in [6.45, 7) is 13.6. The number of rotatable bonds is 8. The van der Waals surface area contributed by atoms with Gasteiger partial charge in [-0.15, -0.1) is 0 Å². The fourth-order valence-corrected chi connectivity index (χ4v) is 11.3. The third-order valence-corrected chi connectivity index (χ3v) is 15.4. The van der Waals surface area contributed by atoms with E-state index in [1.165, 1.54) is 66.9 Å². The minimum absolute atomic E-state index is 0.0902. The van der Waals surface area contributed by atoms with Crippen LogP contribution in [0.4, 0.5) is 17.1 Å². The van der Waals surface area contributed by atoms with Crippen molar-refractivity contribution in [2.75, 3.05) is 4.90 Å². The molecule has 0 saturated carbocycles. The maximum absolute atomic E-state index is 6.25. The Morgan fingerprint density at radius 2 is 0.878 bits per heavy atom. The Bertz CT molecular complexity index is 4110. The van der Waals surface area contributed by atoms with Gasteiger partial charge in [-0.2, -0.15) is 8.75 Å². The molecule has 0 spiro atoms. The van der Waals surface area contributed by atoms with E-state index in [9.17, 15) is 0 Å². The van der Waals surface area contributed by atoms with Gasteiger partial charge < -0.3 is 13.9 Å². The molecular formula is C68H54N4OS. The minimum Gasteiger partial charge on any atom is -0.456 e. The van der Waals surface area contributed by atoms with E-state index in [1.807, 2.05) is 12.1 Å². The molecule has 0 aliphatic carbocycles. The van der Waals surface area contributed by atoms with Crippen molar-refractivity contribution in [1.82, 2.24) is 13.3 Å². The summed E-state index contributed by atoms with van der Waals surface area (Å²) in [5, 5.41) is 4.71. The van der Waals surface area contributed by atoms with E-state index in [-0.39, 0.29) is 10.8 Å². The van der Waals surface area contributed by atoms with Gasteiger partial charge in [-0.25, -0.2) is 0 Å². The molecule has 0 amide bonds. The second-order valence-electron chi connectivity index (χ2n) is 21.6. The molecule has 0 aliphatic rings. The van der Waals surface area contributed by atoms with E-state index >= 15 is 0 Å². The summed E-state index contributed by atoms with van der Waals surface area (Å²) in [7, 11) is 0. The molecule has 0 atom stereocenters. The van der Waals surface area contributed by atoms with E-state index in [0.29, 0.717) is 0 Å². The number of hydrogen-bond acceptors (Lipinski definition) is 5. The SMILES string of the molecule is CC(C)(C)c1ccc(-c2ccc3c(c2)c2cc(-c4ccc(C(C)(C)C)cc4)ccc2n3-c2ccc(-c3ccc(N(c4ccccc4)c4ccc(-c5ccc6c(c5)oc5ccccc56)cc4)c4nsnc34)cc2)cc1. The smallest absolute Gasteiger partial charge is 0.136 e. The third kappa shape index (κ3) is 7.94. The van der Waals surface area contributed by atoms with Crippen LogP contribution in [0.25, 0.3) is 105 Å². The van der Waals surface area contributed by atoms with E-state index in [1.54, 1.807) is 0 Å². The average Bonchev–Trinajstić information content (AvgIpc) is 4.16. The van der Waals surface area contributed by atoms with Crippen molar-refractivity contribution in [2.45, 2.75) is 52.4 Å². The summed E-state index contributed by atoms with van der Waals surface area (Å²) in [4.78, 5) is 2.28. The van der Waals surface area contributed by atoms with E-state index in [0.717, 1.165) is 78.0 Å². The van der Waals surface area contributed by atoms with Crippen molar-refractivity contribution in [3.8, 4) is 50.2 Å². The lowest BCUT2D eigenvalue weighted by molar-refractivity contribution is 0.590. The van der Waals surface area contributed by atoms with Crippen LogP contribution in [0.5, 0.6) is 0 Å². The minimum atomic E-state index is 0.0902. The lowest BCUT2D eigenvalue weighted by Gasteiger charge is -2.26. The second-order valence-corrected chi connectivity index (χ2v) is 22.1. The first kappa shape index (κ1) is 45.3. The van der Waals surface area contributed by atoms with Crippen molar-refractivity contribution in [3.63, 3.8) is 0 Å². The van der Waals surface area contributed by atoms with E-state index in [4.69, 9.17) is 13.2 Å². The van der Waals surface area contributed by atoms with Crippen LogP contribution < -0.4 is 4.90 Å². The summed E-state index contributed by atoms with van der Waals surface area (Å²) in [5.41, 5.74) is 22.0. The number of para-hydroxylation sites is 2. The molecular weight excluding hydrogens is 921 g/mol. The van der Waals surface area contributed by atoms with Crippen LogP contribution in [0, 0.1) is 0 Å². The van der Waals surface area contributed by atoms with Crippen LogP contribution >= 0.6 is 11.7 Å². The Hall–Kier alpha value is -8.58. The molecule has 6 heteroatoms. The maximum atomic E-state index is 6.25. The van der Waals surface area contributed by atoms with Gasteiger partial charge >= 0.3 is 0 Å². The van der Waals surface area contributed by atoms with Gasteiger partial charge in [0.15, 0.2) is 0 Å². The predicted molar refractivity (Wildman–Crippen MR) is 313 cm³/mol. The molecule has 0 fully saturated rings. The molecule has 0 bridgehead atoms. The fraction of sp³-hybridized carbons (Fsp3) is 0.118. The first-order valence-corrected chi connectivity index (χ1v) is 26.2. The van der Waals surface area contributed by atoms with Crippen molar-refractivity contribution in [1.29, 1.82) is 0 Å². The van der Waals surface area contributed by atoms with Gasteiger partial charge in [-0.05, 0) is 152 Å². The Balaban J connectivity index is 0.864. The highest BCUT2D eigenvalue weighted by Crippen LogP contribution is 2.44. The molecule has 0 N–H and O–H groups in total. The fourth-order valence-electron chi connectivity index (χ4n) is 10.8. The van der Waals surface area contributed by atoms with Crippen molar-refractivity contribution in [2.24, 2.45) is 0 Å². The summed E-state index contributed by atoms with van der Waals surface area (Å²) in [5.74, 6) is 0. The van der Waals surface area contributed by atoms with E-state index in [2.05, 4.69) is 257 Å². The number of furan rings is 1. The Morgan fingerprint density at radius 1 is 0.392 bits per heavy atom. The molecule has 3 aromatic heterocycles. The molecule has 13 aromatic rings. The summed E-state index contributed by atoms with van der Waals surface area (Å²) in [6, 6.07) is 79.4. The molecule has 3 heterocycles. The molecule has 0 saturated heterocycles. The van der Waals surface area contributed by atoms with Crippen LogP contribution in [0.3, 0.4) is 0 Å². The summed E-state index contributed by atoms with van der Waals surface area (Å²) >= 11 is 1.25. The van der Waals surface area contributed by atoms with Crippen LogP contribution in [0.1, 0.15) is 52.7 Å². The second kappa shape index (κ2) is 17.6. The number of aromatic nitrogens is 3. The summed E-state index contributed by atoms with van der Waals surface area (Å²) < 4.78 is 18.6. The molecule has 13 rings (SSSR count). The number of fused-ring (bicyclic) bond motifs is 7. The van der Waals surface area contributed by atoms with Crippen molar-refractivity contribution >= 4 is 83.6 Å². The first-order valence-electron chi connectivity index (χ1n) is 25.5. The van der Waals surface area contributed by atoms with Crippen molar-refractivity contribution in [3.05, 3.63) is 230 Å². The first-order chi connectivity index (χ1) is 35.9. The van der Waals surface area contributed by atoms with Crippen LogP contribution in [0.15, 0.2) is 223 Å². The summed E-state index contributed by atoms with van der Waals surface area (Å²) in [6.07, 6.45) is 0. The number of anilines is 3. The lowest BCUT2D eigenvalue weighted by Crippen LogP contribution is -2.10. The monoisotopic (exact) mass is 974 g/mol. The molecule has 74 heavy (non-hydrogen) atoms. The van der Waals surface area contributed by atoms with Gasteiger partial charge in [0.1, 0.15) is 22.2 Å². The predicted octanol–water partition coefficient (Wildman–Crippen LogP) is 19.4. The van der Waals surface area contributed by atoms with Gasteiger partial charge in [0.2, 0.25) is 0 Å². The molecule has 0 radical (unpaired) electrons. The van der Waals surface area contributed by atoms with Gasteiger partial charge in [-0.3, -0.25) is 0 Å². The van der Waals surface area contributed by atoms with Crippen LogP contribution in [-0.2, 0) is 10.8 Å². The highest BCUT2D eigenvalue weighted by Gasteiger charge is 2.22. The Morgan fingerprint density at radius 3 is 1.49 bits per heavy atom. The van der Waals surface area contributed by atoms with Crippen molar-refractivity contribution < 1.29 is 4.42 Å². The van der Waals surface area contributed by atoms with Gasteiger partial charge in [0.05, 0.1) is 28.4 Å². The quantitative estimate of drug-likeness (QED) is 0.152. The number of hydrogen-bond donors (Lipinski definition) is 0. The third-order valence-electron chi connectivity index (χ3n) is 14.9. The highest BCUT2D eigenvalue weighted by atomic mass is 32.1. The lowest BCUT2D eigenvalue weighted by atomic mass is 9.86. The standard InChI is InChI=1S/C68H54N4OS/c1-67(2,3)50-27-16-43(17-28-50)47-25-37-60-58(40-47)59-41-48(44-18-29-51(30-19-44)68(4,5)6)26-38-61(59)72(60)54-33-22-46(23-34-54)55-36-39-62(66-65(55)69-74-70-66)71(52-12-8-7-9-13-52)53-31-20-45(21-32-53)49-24-35-57-56-14-10-11-15-63(56)73-64(57)42-49/h7-42H,1-6H3. The van der Waals surface area contributed by atoms with Gasteiger partial charge in [0, 0.05) is 44.2 Å².